The molecule has 0 amide bonds. The van der Waals surface area contributed by atoms with Crippen molar-refractivity contribution in [1.82, 2.24) is 0 Å². The Morgan fingerprint density at radius 3 is 1.31 bits per heavy atom. The summed E-state index contributed by atoms with van der Waals surface area (Å²) in [6.45, 7) is 5.06. The third-order valence-electron chi connectivity index (χ3n) is 14.5. The molecule has 370 valence electrons. The lowest BCUT2D eigenvalue weighted by atomic mass is 9.72. The van der Waals surface area contributed by atoms with Crippen molar-refractivity contribution in [2.45, 2.75) is 68.2 Å². The van der Waals surface area contributed by atoms with Gasteiger partial charge < -0.3 is 23.5 Å². The van der Waals surface area contributed by atoms with Crippen LogP contribution in [0, 0.1) is 5.92 Å². The number of hydrogen-bond acceptors (Lipinski definition) is 9. The molecule has 0 spiro atoms. The normalized spacial score (nSPS) is 21.7. The van der Waals surface area contributed by atoms with E-state index in [2.05, 4.69) is 115 Å². The SMILES string of the molecule is CC1(C)O[C@@H]2[C@@H](O1)C(c1ccccc1)(c1ccccc1)OP(OCc1ccccc1-c1ccc(CC(C3=N[C@@H](c4ccccc4)CO3)C3=N[C@@H](c4ccccc4)CO3)cc1)OC2(c1ccccc1)c1ccccc1. The summed E-state index contributed by atoms with van der Waals surface area (Å²) in [5, 5.41) is 0. The van der Waals surface area contributed by atoms with E-state index < -0.39 is 37.8 Å². The van der Waals surface area contributed by atoms with E-state index in [0.29, 0.717) is 31.4 Å². The van der Waals surface area contributed by atoms with Gasteiger partial charge >= 0.3 is 8.60 Å². The Bertz CT molecular complexity index is 2970. The number of hydrogen-bond donors (Lipinski definition) is 0. The minimum absolute atomic E-state index is 0.0911. The van der Waals surface area contributed by atoms with Crippen molar-refractivity contribution in [1.29, 1.82) is 0 Å². The van der Waals surface area contributed by atoms with Gasteiger partial charge in [0.25, 0.3) is 0 Å². The molecule has 0 bridgehead atoms. The van der Waals surface area contributed by atoms with Crippen molar-refractivity contribution in [3.05, 3.63) is 275 Å². The van der Waals surface area contributed by atoms with Crippen molar-refractivity contribution in [2.24, 2.45) is 15.9 Å². The summed E-state index contributed by atoms with van der Waals surface area (Å²) in [7, 11) is -2.20. The molecule has 2 saturated heterocycles. The fraction of sp³-hybridized carbons (Fsp3) is 0.219. The number of rotatable bonds is 14. The zero-order valence-corrected chi connectivity index (χ0v) is 42.2. The van der Waals surface area contributed by atoms with Gasteiger partial charge in [-0.3, -0.25) is 9.05 Å². The summed E-state index contributed by atoms with van der Waals surface area (Å²) < 4.78 is 49.6. The van der Waals surface area contributed by atoms with Crippen LogP contribution in [0.2, 0.25) is 0 Å². The van der Waals surface area contributed by atoms with Crippen LogP contribution >= 0.6 is 8.60 Å². The van der Waals surface area contributed by atoms with Crippen LogP contribution in [0.25, 0.3) is 11.1 Å². The molecule has 0 aliphatic carbocycles. The van der Waals surface area contributed by atoms with Crippen molar-refractivity contribution in [2.75, 3.05) is 13.2 Å². The highest BCUT2D eigenvalue weighted by molar-refractivity contribution is 7.41. The maximum absolute atomic E-state index is 7.62. The molecule has 74 heavy (non-hydrogen) atoms. The second kappa shape index (κ2) is 20.7. The maximum Gasteiger partial charge on any atom is 0.335 e. The molecule has 0 unspecified atom stereocenters. The number of benzene rings is 8. The van der Waals surface area contributed by atoms with E-state index >= 15 is 0 Å². The lowest BCUT2D eigenvalue weighted by Crippen LogP contribution is -2.53. The molecule has 10 heteroatoms. The fourth-order valence-electron chi connectivity index (χ4n) is 11.0. The van der Waals surface area contributed by atoms with Gasteiger partial charge in [0.05, 0.1) is 6.61 Å². The van der Waals surface area contributed by atoms with Crippen molar-refractivity contribution in [3.8, 4) is 11.1 Å². The predicted molar refractivity (Wildman–Crippen MR) is 289 cm³/mol. The van der Waals surface area contributed by atoms with Crippen LogP contribution in [0.3, 0.4) is 0 Å². The topological polar surface area (TPSA) is 89.3 Å². The van der Waals surface area contributed by atoms with Crippen LogP contribution < -0.4 is 0 Å². The number of aliphatic imine (C=N–C) groups is 2. The van der Waals surface area contributed by atoms with E-state index in [-0.39, 0.29) is 24.6 Å². The average Bonchev–Trinajstić information content (AvgIpc) is 4.24. The molecule has 8 aromatic carbocycles. The monoisotopic (exact) mass is 996 g/mol. The molecule has 0 N–H and O–H groups in total. The molecule has 9 nitrogen and oxygen atoms in total. The van der Waals surface area contributed by atoms with Gasteiger partial charge in [0, 0.05) is 0 Å². The smallest absolute Gasteiger partial charge is 0.335 e. The van der Waals surface area contributed by atoms with Crippen LogP contribution in [0.5, 0.6) is 0 Å². The summed E-state index contributed by atoms with van der Waals surface area (Å²) >= 11 is 0. The average molecular weight is 997 g/mol. The molecule has 2 fully saturated rings. The summed E-state index contributed by atoms with van der Waals surface area (Å²) in [5.41, 5.74) is 7.51. The zero-order chi connectivity index (χ0) is 50.0. The van der Waals surface area contributed by atoms with Crippen molar-refractivity contribution < 1.29 is 32.5 Å². The van der Waals surface area contributed by atoms with E-state index in [1.165, 1.54) is 0 Å². The fourth-order valence-corrected chi connectivity index (χ4v) is 12.4. The Hall–Kier alpha value is -7.07. The number of nitrogens with zero attached hydrogens (tertiary/aromatic N) is 2. The van der Waals surface area contributed by atoms with Crippen LogP contribution in [-0.4, -0.2) is 43.0 Å². The standard InChI is InChI=1S/C64H57N2O7P/c1-62(2)70-58-59(71-62)64(52-32-17-7-18-33-52,53-34-19-8-20-35-53)73-74(72-63(58,50-28-13-5-14-29-50)51-30-15-6-16-31-51)69-42-49-27-21-22-36-54(49)46-39-37-45(38-40-46)41-55(60-65-56(43-67-60)47-23-9-3-10-24-47)61-66-57(44-68-61)48-25-11-4-12-26-48/h3-40,55-59H,41-44H2,1-2H3/t56-,57-,58-,59-/m1/s1. The van der Waals surface area contributed by atoms with Crippen molar-refractivity contribution >= 4 is 20.4 Å². The first-order valence-electron chi connectivity index (χ1n) is 25.4. The Labute approximate surface area is 434 Å². The maximum atomic E-state index is 7.62. The van der Waals surface area contributed by atoms with Gasteiger partial charge in [0.1, 0.15) is 43.4 Å². The molecule has 4 aliphatic rings. The molecule has 8 aromatic rings. The zero-order valence-electron chi connectivity index (χ0n) is 41.4. The van der Waals surface area contributed by atoms with Crippen LogP contribution in [-0.2, 0) is 56.7 Å². The number of ether oxygens (including phenoxy) is 4. The molecule has 4 heterocycles. The highest BCUT2D eigenvalue weighted by Gasteiger charge is 2.67. The van der Waals surface area contributed by atoms with Gasteiger partial charge in [0.15, 0.2) is 28.8 Å². The minimum atomic E-state index is -2.20. The van der Waals surface area contributed by atoms with Gasteiger partial charge in [-0.15, -0.1) is 0 Å². The molecule has 0 radical (unpaired) electrons. The Balaban J connectivity index is 0.887. The van der Waals surface area contributed by atoms with Gasteiger partial charge in [-0.2, -0.15) is 0 Å². The first kappa shape index (κ1) is 47.9. The van der Waals surface area contributed by atoms with E-state index in [0.717, 1.165) is 55.6 Å². The molecule has 4 aliphatic heterocycles. The summed E-state index contributed by atoms with van der Waals surface area (Å²) in [4.78, 5) is 10.3. The minimum Gasteiger partial charge on any atom is -0.478 e. The van der Waals surface area contributed by atoms with E-state index in [1.54, 1.807) is 0 Å². The molecular formula is C64H57N2O7P. The molecule has 12 rings (SSSR count). The predicted octanol–water partition coefficient (Wildman–Crippen LogP) is 14.1. The van der Waals surface area contributed by atoms with E-state index in [4.69, 9.17) is 42.5 Å². The van der Waals surface area contributed by atoms with Gasteiger partial charge in [-0.05, 0) is 75.9 Å². The summed E-state index contributed by atoms with van der Waals surface area (Å²) in [6, 6.07) is 78.6. The highest BCUT2D eigenvalue weighted by atomic mass is 31.2. The van der Waals surface area contributed by atoms with Gasteiger partial charge in [-0.1, -0.05) is 231 Å². The number of fused-ring (bicyclic) bond motifs is 1. The molecule has 0 saturated carbocycles. The first-order chi connectivity index (χ1) is 36.4. The molecule has 0 aromatic heterocycles. The second-order valence-electron chi connectivity index (χ2n) is 19.6. The van der Waals surface area contributed by atoms with Crippen LogP contribution in [0.1, 0.15) is 70.4 Å². The van der Waals surface area contributed by atoms with Gasteiger partial charge in [0.2, 0.25) is 0 Å². The lowest BCUT2D eigenvalue weighted by Gasteiger charge is -2.41. The molecule has 4 atom stereocenters. The van der Waals surface area contributed by atoms with Crippen LogP contribution in [0.15, 0.2) is 241 Å². The largest absolute Gasteiger partial charge is 0.478 e. The van der Waals surface area contributed by atoms with E-state index in [9.17, 15) is 0 Å². The second-order valence-corrected chi connectivity index (χ2v) is 20.7. The highest BCUT2D eigenvalue weighted by Crippen LogP contribution is 2.65. The Morgan fingerprint density at radius 2 is 0.878 bits per heavy atom. The molecular weight excluding hydrogens is 940 g/mol. The first-order valence-corrected chi connectivity index (χ1v) is 26.5. The Kier molecular flexibility index (Phi) is 13.4. The quantitative estimate of drug-likeness (QED) is 0.100. The van der Waals surface area contributed by atoms with Gasteiger partial charge in [-0.25, -0.2) is 9.98 Å². The lowest BCUT2D eigenvalue weighted by molar-refractivity contribution is -0.176. The third-order valence-corrected chi connectivity index (χ3v) is 15.7. The van der Waals surface area contributed by atoms with Crippen molar-refractivity contribution in [3.63, 3.8) is 0 Å². The third kappa shape index (κ3) is 9.30. The Morgan fingerprint density at radius 1 is 0.486 bits per heavy atom. The van der Waals surface area contributed by atoms with Crippen LogP contribution in [0.4, 0.5) is 0 Å². The summed E-state index contributed by atoms with van der Waals surface area (Å²) in [5.74, 6) is 0.0150. The summed E-state index contributed by atoms with van der Waals surface area (Å²) in [6.07, 6.45) is -0.814. The van der Waals surface area contributed by atoms with E-state index in [1.807, 2.05) is 129 Å².